The van der Waals surface area contributed by atoms with Gasteiger partial charge in [0, 0.05) is 41.3 Å². The number of anilines is 1. The minimum atomic E-state index is -0.762. The molecule has 1 aliphatic rings. The number of hydrogen-bond acceptors (Lipinski definition) is 4. The largest absolute Gasteiger partial charge is 0.338 e. The number of alkyl halides is 1. The first-order valence-corrected chi connectivity index (χ1v) is 11.8. The molecule has 1 N–H and O–H groups in total. The van der Waals surface area contributed by atoms with Gasteiger partial charge in [0.2, 0.25) is 5.91 Å². The van der Waals surface area contributed by atoms with Gasteiger partial charge in [-0.1, -0.05) is 31.5 Å². The fourth-order valence-corrected chi connectivity index (χ4v) is 4.94. The van der Waals surface area contributed by atoms with Gasteiger partial charge in [0.1, 0.15) is 11.9 Å². The van der Waals surface area contributed by atoms with Crippen LogP contribution in [0.15, 0.2) is 35.7 Å². The number of carbonyl (C=O) groups is 2. The number of thiophene rings is 1. The number of nitrogens with zero attached hydrogens (tertiary/aromatic N) is 2. The molecule has 1 fully saturated rings. The molecule has 0 aliphatic carbocycles. The van der Waals surface area contributed by atoms with Crippen LogP contribution in [0.1, 0.15) is 30.3 Å². The predicted octanol–water partition coefficient (Wildman–Crippen LogP) is 4.90. The van der Waals surface area contributed by atoms with Gasteiger partial charge in [0.25, 0.3) is 5.91 Å². The van der Waals surface area contributed by atoms with E-state index >= 15 is 0 Å². The Morgan fingerprint density at radius 3 is 2.65 bits per heavy atom. The third-order valence-corrected chi connectivity index (χ3v) is 6.82. The molecule has 1 aromatic heterocycles. The fourth-order valence-electron chi connectivity index (χ4n) is 3.78. The third-order valence-electron chi connectivity index (χ3n) is 5.43. The van der Waals surface area contributed by atoms with E-state index in [4.69, 9.17) is 23.2 Å². The van der Waals surface area contributed by atoms with Gasteiger partial charge < -0.3 is 10.2 Å². The standard InChI is InChI=1S/C22H27Cl2N3O2S.ClH/c1-14(2)17-13-26(9-8-25-17)22(29)21(19-5-4-10-30-19)27(20(28)12-23)18-7-6-16(24)11-15(18)3;/h4-7,10-11,14,17,21,25H,8-9,12-13H2,1-3H3;1H/t17-,21-;/m1./s1. The van der Waals surface area contributed by atoms with Gasteiger partial charge in [-0.3, -0.25) is 14.5 Å². The summed E-state index contributed by atoms with van der Waals surface area (Å²) in [4.78, 5) is 31.1. The van der Waals surface area contributed by atoms with Crippen LogP contribution in [0.25, 0.3) is 0 Å². The number of benzene rings is 1. The summed E-state index contributed by atoms with van der Waals surface area (Å²) in [5.74, 6) is -0.213. The minimum absolute atomic E-state index is 0. The lowest BCUT2D eigenvalue weighted by molar-refractivity contribution is -0.135. The van der Waals surface area contributed by atoms with Crippen LogP contribution in [-0.4, -0.2) is 48.3 Å². The molecule has 2 amide bonds. The molecule has 1 aliphatic heterocycles. The lowest BCUT2D eigenvalue weighted by Gasteiger charge is -2.40. The zero-order valence-electron chi connectivity index (χ0n) is 17.8. The molecule has 0 unspecified atom stereocenters. The van der Waals surface area contributed by atoms with E-state index in [9.17, 15) is 9.59 Å². The van der Waals surface area contributed by atoms with Gasteiger partial charge in [-0.05, 0) is 48.1 Å². The highest BCUT2D eigenvalue weighted by molar-refractivity contribution is 7.10. The van der Waals surface area contributed by atoms with Crippen molar-refractivity contribution in [3.05, 3.63) is 51.2 Å². The molecule has 170 valence electrons. The molecule has 1 saturated heterocycles. The Morgan fingerprint density at radius 1 is 1.32 bits per heavy atom. The van der Waals surface area contributed by atoms with Crippen molar-refractivity contribution in [2.24, 2.45) is 5.92 Å². The van der Waals surface area contributed by atoms with Crippen LogP contribution in [0.2, 0.25) is 5.02 Å². The van der Waals surface area contributed by atoms with Crippen LogP contribution in [-0.2, 0) is 9.59 Å². The Morgan fingerprint density at radius 2 is 2.06 bits per heavy atom. The van der Waals surface area contributed by atoms with E-state index < -0.39 is 6.04 Å². The van der Waals surface area contributed by atoms with Gasteiger partial charge in [-0.15, -0.1) is 35.3 Å². The molecule has 1 aromatic carbocycles. The molecule has 2 heterocycles. The molecule has 2 aromatic rings. The zero-order valence-corrected chi connectivity index (χ0v) is 21.0. The van der Waals surface area contributed by atoms with Crippen molar-refractivity contribution in [1.29, 1.82) is 0 Å². The number of amides is 2. The van der Waals surface area contributed by atoms with Crippen molar-refractivity contribution >= 4 is 64.4 Å². The Bertz CT molecular complexity index is 892. The second kappa shape index (κ2) is 11.5. The maximum absolute atomic E-state index is 13.8. The average molecular weight is 505 g/mol. The number of nitrogens with one attached hydrogen (secondary N) is 1. The minimum Gasteiger partial charge on any atom is -0.338 e. The van der Waals surface area contributed by atoms with Crippen LogP contribution in [0, 0.1) is 12.8 Å². The van der Waals surface area contributed by atoms with E-state index in [1.165, 1.54) is 11.3 Å². The molecule has 2 atom stereocenters. The maximum atomic E-state index is 13.8. The maximum Gasteiger partial charge on any atom is 0.251 e. The number of aryl methyl sites for hydroxylation is 1. The smallest absolute Gasteiger partial charge is 0.251 e. The molecule has 3 rings (SSSR count). The molecule has 0 saturated carbocycles. The molecule has 0 radical (unpaired) electrons. The van der Waals surface area contributed by atoms with Gasteiger partial charge in [0.05, 0.1) is 0 Å². The molecule has 31 heavy (non-hydrogen) atoms. The summed E-state index contributed by atoms with van der Waals surface area (Å²) in [6.07, 6.45) is 0. The number of piperazine rings is 1. The van der Waals surface area contributed by atoms with Crippen LogP contribution in [0.4, 0.5) is 5.69 Å². The average Bonchev–Trinajstić information content (AvgIpc) is 3.26. The Kier molecular flexibility index (Phi) is 9.65. The van der Waals surface area contributed by atoms with Gasteiger partial charge >= 0.3 is 0 Å². The quantitative estimate of drug-likeness (QED) is 0.569. The van der Waals surface area contributed by atoms with Crippen molar-refractivity contribution in [3.63, 3.8) is 0 Å². The molecule has 0 bridgehead atoms. The van der Waals surface area contributed by atoms with E-state index in [1.54, 1.807) is 23.1 Å². The van der Waals surface area contributed by atoms with E-state index in [2.05, 4.69) is 19.2 Å². The van der Waals surface area contributed by atoms with Crippen LogP contribution in [0.5, 0.6) is 0 Å². The van der Waals surface area contributed by atoms with E-state index in [0.29, 0.717) is 29.7 Å². The van der Waals surface area contributed by atoms with Gasteiger partial charge in [0.15, 0.2) is 0 Å². The first-order valence-electron chi connectivity index (χ1n) is 10.0. The van der Waals surface area contributed by atoms with E-state index in [1.807, 2.05) is 29.3 Å². The lowest BCUT2D eigenvalue weighted by atomic mass is 10.0. The highest BCUT2D eigenvalue weighted by Gasteiger charge is 2.38. The number of hydrogen-bond donors (Lipinski definition) is 1. The predicted molar refractivity (Wildman–Crippen MR) is 132 cm³/mol. The van der Waals surface area contributed by atoms with Gasteiger partial charge in [-0.2, -0.15) is 0 Å². The van der Waals surface area contributed by atoms with Crippen molar-refractivity contribution in [2.45, 2.75) is 32.9 Å². The molecule has 5 nitrogen and oxygen atoms in total. The number of halogens is 3. The van der Waals surface area contributed by atoms with Crippen LogP contribution in [0.3, 0.4) is 0 Å². The summed E-state index contributed by atoms with van der Waals surface area (Å²) in [5, 5.41) is 5.98. The monoisotopic (exact) mass is 503 g/mol. The Labute approximate surface area is 204 Å². The summed E-state index contributed by atoms with van der Waals surface area (Å²) in [7, 11) is 0. The van der Waals surface area contributed by atoms with Crippen molar-refractivity contribution in [3.8, 4) is 0 Å². The zero-order chi connectivity index (χ0) is 21.8. The highest BCUT2D eigenvalue weighted by Crippen LogP contribution is 2.35. The van der Waals surface area contributed by atoms with Gasteiger partial charge in [-0.25, -0.2) is 0 Å². The summed E-state index contributed by atoms with van der Waals surface area (Å²) < 4.78 is 0. The fraction of sp³-hybridized carbons (Fsp3) is 0.455. The second-order valence-corrected chi connectivity index (χ2v) is 9.52. The normalized spacial score (nSPS) is 17.2. The number of rotatable bonds is 6. The van der Waals surface area contributed by atoms with Crippen LogP contribution < -0.4 is 10.2 Å². The SMILES string of the molecule is Cc1cc(Cl)ccc1N(C(=O)CCl)[C@@H](C(=O)N1CCN[C@@H](C(C)C)C1)c1cccs1.Cl. The second-order valence-electron chi connectivity index (χ2n) is 7.84. The highest BCUT2D eigenvalue weighted by atomic mass is 35.5. The van der Waals surface area contributed by atoms with Crippen molar-refractivity contribution in [1.82, 2.24) is 10.2 Å². The summed E-state index contributed by atoms with van der Waals surface area (Å²) in [5.41, 5.74) is 1.46. The first-order chi connectivity index (χ1) is 14.3. The molecular formula is C22H28Cl3N3O2S. The van der Waals surface area contributed by atoms with E-state index in [-0.39, 0.29) is 36.1 Å². The summed E-state index contributed by atoms with van der Waals surface area (Å²) >= 11 is 13.6. The summed E-state index contributed by atoms with van der Waals surface area (Å²) in [6, 6.07) is 8.56. The Hall–Kier alpha value is -1.31. The van der Waals surface area contributed by atoms with E-state index in [0.717, 1.165) is 17.0 Å². The summed E-state index contributed by atoms with van der Waals surface area (Å²) in [6.45, 7) is 8.11. The molecule has 9 heteroatoms. The topological polar surface area (TPSA) is 52.7 Å². The van der Waals surface area contributed by atoms with Crippen LogP contribution >= 0.6 is 46.9 Å². The lowest BCUT2D eigenvalue weighted by Crippen LogP contribution is -2.57. The third kappa shape index (κ3) is 5.93. The first kappa shape index (κ1) is 25.9. The number of carbonyl (C=O) groups excluding carboxylic acids is 2. The molecular weight excluding hydrogens is 477 g/mol. The van der Waals surface area contributed by atoms with Crippen molar-refractivity contribution in [2.75, 3.05) is 30.4 Å². The van der Waals surface area contributed by atoms with Crippen molar-refractivity contribution < 1.29 is 9.59 Å². The Balaban J connectivity index is 0.00000341. The molecule has 0 spiro atoms.